The standard InChI is InChI=1S/C15H18FNO2/c1-9-12-7-13(16)14(9)17(15(12)18)8-10-3-5-11(19-2)6-4-10/h3-6,9,12-14H,7-8H2,1-2H3. The zero-order chi connectivity index (χ0) is 13.6. The highest BCUT2D eigenvalue weighted by atomic mass is 19.1. The minimum atomic E-state index is -0.865. The monoisotopic (exact) mass is 263 g/mol. The van der Waals surface area contributed by atoms with Crippen LogP contribution < -0.4 is 4.74 Å². The Morgan fingerprint density at radius 1 is 1.37 bits per heavy atom. The summed E-state index contributed by atoms with van der Waals surface area (Å²) in [6, 6.07) is 7.35. The van der Waals surface area contributed by atoms with Gasteiger partial charge in [-0.1, -0.05) is 19.1 Å². The van der Waals surface area contributed by atoms with Gasteiger partial charge in [0.25, 0.3) is 0 Å². The molecular formula is C15H18FNO2. The number of benzene rings is 1. The van der Waals surface area contributed by atoms with E-state index in [0.717, 1.165) is 11.3 Å². The third kappa shape index (κ3) is 1.90. The number of methoxy groups -OCH3 is 1. The first kappa shape index (κ1) is 12.5. The number of amides is 1. The van der Waals surface area contributed by atoms with E-state index in [1.54, 1.807) is 12.0 Å². The number of fused-ring (bicyclic) bond motifs is 2. The van der Waals surface area contributed by atoms with Crippen LogP contribution in [0.3, 0.4) is 0 Å². The lowest BCUT2D eigenvalue weighted by atomic mass is 10.0. The minimum absolute atomic E-state index is 0.113. The van der Waals surface area contributed by atoms with Gasteiger partial charge in [0, 0.05) is 12.5 Å². The summed E-state index contributed by atoms with van der Waals surface area (Å²) in [7, 11) is 1.62. The molecule has 102 valence electrons. The van der Waals surface area contributed by atoms with Gasteiger partial charge in [-0.25, -0.2) is 4.39 Å². The number of alkyl halides is 1. The van der Waals surface area contributed by atoms with Crippen molar-refractivity contribution in [2.24, 2.45) is 11.8 Å². The molecule has 1 heterocycles. The molecule has 0 radical (unpaired) electrons. The molecular weight excluding hydrogens is 245 g/mol. The second kappa shape index (κ2) is 4.51. The highest BCUT2D eigenvalue weighted by Crippen LogP contribution is 2.45. The van der Waals surface area contributed by atoms with E-state index in [-0.39, 0.29) is 23.8 Å². The lowest BCUT2D eigenvalue weighted by molar-refractivity contribution is -0.136. The highest BCUT2D eigenvalue weighted by Gasteiger charge is 2.55. The molecule has 3 rings (SSSR count). The van der Waals surface area contributed by atoms with Crippen LogP contribution in [-0.2, 0) is 11.3 Å². The van der Waals surface area contributed by atoms with Crippen molar-refractivity contribution in [2.75, 3.05) is 7.11 Å². The fourth-order valence-electron chi connectivity index (χ4n) is 3.44. The normalized spacial score (nSPS) is 33.0. The van der Waals surface area contributed by atoms with Gasteiger partial charge >= 0.3 is 0 Å². The van der Waals surface area contributed by atoms with Crippen LogP contribution in [0.5, 0.6) is 5.75 Å². The molecule has 0 aromatic heterocycles. The molecule has 4 unspecified atom stereocenters. The average molecular weight is 263 g/mol. The van der Waals surface area contributed by atoms with Crippen molar-refractivity contribution in [3.63, 3.8) is 0 Å². The van der Waals surface area contributed by atoms with Crippen molar-refractivity contribution in [3.8, 4) is 5.75 Å². The maximum Gasteiger partial charge on any atom is 0.226 e. The summed E-state index contributed by atoms with van der Waals surface area (Å²) in [5.41, 5.74) is 1.01. The van der Waals surface area contributed by atoms with Crippen molar-refractivity contribution < 1.29 is 13.9 Å². The number of piperidine rings is 1. The zero-order valence-corrected chi connectivity index (χ0v) is 11.2. The maximum atomic E-state index is 13.9. The molecule has 1 amide bonds. The van der Waals surface area contributed by atoms with Gasteiger partial charge in [0.05, 0.1) is 13.2 Å². The Kier molecular flexibility index (Phi) is 2.96. The fraction of sp³-hybridized carbons (Fsp3) is 0.533. The van der Waals surface area contributed by atoms with Crippen molar-refractivity contribution in [1.29, 1.82) is 0 Å². The largest absolute Gasteiger partial charge is 0.497 e. The summed E-state index contributed by atoms with van der Waals surface area (Å²) in [5.74, 6) is 0.927. The van der Waals surface area contributed by atoms with Crippen LogP contribution in [-0.4, -0.2) is 30.1 Å². The average Bonchev–Trinajstić information content (AvgIpc) is 2.82. The number of hydrogen-bond acceptors (Lipinski definition) is 2. The summed E-state index contributed by atoms with van der Waals surface area (Å²) in [5, 5.41) is 0. The Balaban J connectivity index is 1.77. The molecule has 19 heavy (non-hydrogen) atoms. The molecule has 4 atom stereocenters. The lowest BCUT2D eigenvalue weighted by Gasteiger charge is -2.30. The third-order valence-electron chi connectivity index (χ3n) is 4.50. The summed E-state index contributed by atoms with van der Waals surface area (Å²) in [6.07, 6.45) is -0.458. The van der Waals surface area contributed by atoms with E-state index >= 15 is 0 Å². The van der Waals surface area contributed by atoms with E-state index in [9.17, 15) is 9.18 Å². The van der Waals surface area contributed by atoms with Crippen molar-refractivity contribution in [2.45, 2.75) is 32.1 Å². The van der Waals surface area contributed by atoms with Crippen LogP contribution in [0.4, 0.5) is 4.39 Å². The van der Waals surface area contributed by atoms with Crippen molar-refractivity contribution in [3.05, 3.63) is 29.8 Å². The van der Waals surface area contributed by atoms with Crippen LogP contribution in [0.1, 0.15) is 18.9 Å². The van der Waals surface area contributed by atoms with Gasteiger partial charge in [0.1, 0.15) is 11.9 Å². The van der Waals surface area contributed by atoms with E-state index in [1.807, 2.05) is 31.2 Å². The van der Waals surface area contributed by atoms with Gasteiger partial charge in [-0.15, -0.1) is 0 Å². The molecule has 1 aliphatic heterocycles. The molecule has 2 fully saturated rings. The Hall–Kier alpha value is -1.58. The predicted octanol–water partition coefficient (Wildman–Crippen LogP) is 2.40. The molecule has 3 nitrogen and oxygen atoms in total. The number of likely N-dealkylation sites (tertiary alicyclic amines) is 1. The molecule has 0 spiro atoms. The third-order valence-corrected chi connectivity index (χ3v) is 4.50. The fourth-order valence-corrected chi connectivity index (χ4v) is 3.44. The first-order valence-corrected chi connectivity index (χ1v) is 6.69. The molecule has 0 N–H and O–H groups in total. The minimum Gasteiger partial charge on any atom is -0.497 e. The number of carbonyl (C=O) groups is 1. The molecule has 4 heteroatoms. The zero-order valence-electron chi connectivity index (χ0n) is 11.2. The summed E-state index contributed by atoms with van der Waals surface area (Å²) in [4.78, 5) is 13.9. The quantitative estimate of drug-likeness (QED) is 0.838. The Labute approximate surface area is 112 Å². The van der Waals surface area contributed by atoms with E-state index in [4.69, 9.17) is 4.74 Å². The molecule has 2 aliphatic rings. The van der Waals surface area contributed by atoms with E-state index < -0.39 is 6.17 Å². The lowest BCUT2D eigenvalue weighted by Crippen LogP contribution is -2.42. The van der Waals surface area contributed by atoms with Crippen molar-refractivity contribution >= 4 is 5.91 Å². The van der Waals surface area contributed by atoms with Gasteiger partial charge in [-0.05, 0) is 30.0 Å². The summed E-state index contributed by atoms with van der Waals surface area (Å²) < 4.78 is 19.0. The van der Waals surface area contributed by atoms with Crippen LogP contribution >= 0.6 is 0 Å². The van der Waals surface area contributed by atoms with Gasteiger partial charge < -0.3 is 9.64 Å². The van der Waals surface area contributed by atoms with Crippen LogP contribution in [0, 0.1) is 11.8 Å². The van der Waals surface area contributed by atoms with Gasteiger partial charge in [0.2, 0.25) is 5.91 Å². The van der Waals surface area contributed by atoms with Crippen LogP contribution in [0.15, 0.2) is 24.3 Å². The molecule has 1 saturated heterocycles. The van der Waals surface area contributed by atoms with E-state index in [2.05, 4.69) is 0 Å². The Morgan fingerprint density at radius 2 is 2.05 bits per heavy atom. The number of rotatable bonds is 3. The first-order valence-electron chi connectivity index (χ1n) is 6.69. The molecule has 1 aromatic carbocycles. The number of carbonyl (C=O) groups excluding carboxylic acids is 1. The summed E-state index contributed by atoms with van der Waals surface area (Å²) >= 11 is 0. The van der Waals surface area contributed by atoms with Gasteiger partial charge in [-0.3, -0.25) is 4.79 Å². The number of halogens is 1. The van der Waals surface area contributed by atoms with Gasteiger partial charge in [-0.2, -0.15) is 0 Å². The molecule has 2 bridgehead atoms. The second-order valence-corrected chi connectivity index (χ2v) is 5.52. The van der Waals surface area contributed by atoms with Crippen LogP contribution in [0.25, 0.3) is 0 Å². The molecule has 1 aliphatic carbocycles. The number of nitrogens with zero attached hydrogens (tertiary/aromatic N) is 1. The molecule has 1 aromatic rings. The number of hydrogen-bond donors (Lipinski definition) is 0. The van der Waals surface area contributed by atoms with Crippen LogP contribution in [0.2, 0.25) is 0 Å². The maximum absolute atomic E-state index is 13.9. The first-order chi connectivity index (χ1) is 9.11. The highest BCUT2D eigenvalue weighted by molar-refractivity contribution is 5.83. The summed E-state index contributed by atoms with van der Waals surface area (Å²) in [6.45, 7) is 2.48. The Bertz CT molecular complexity index is 487. The van der Waals surface area contributed by atoms with Crippen molar-refractivity contribution in [1.82, 2.24) is 4.90 Å². The second-order valence-electron chi connectivity index (χ2n) is 5.52. The smallest absolute Gasteiger partial charge is 0.226 e. The van der Waals surface area contributed by atoms with Gasteiger partial charge in [0.15, 0.2) is 0 Å². The van der Waals surface area contributed by atoms with E-state index in [1.165, 1.54) is 0 Å². The molecule has 1 saturated carbocycles. The predicted molar refractivity (Wildman–Crippen MR) is 69.5 cm³/mol. The number of ether oxygens (including phenoxy) is 1. The topological polar surface area (TPSA) is 29.5 Å². The van der Waals surface area contributed by atoms with E-state index in [0.29, 0.717) is 13.0 Å². The Morgan fingerprint density at radius 3 is 2.63 bits per heavy atom. The SMILES string of the molecule is COc1ccc(CN2C(=O)C3CC(F)C2C3C)cc1.